The zero-order chi connectivity index (χ0) is 17.4. The lowest BCUT2D eigenvalue weighted by Gasteiger charge is -2.12. The van der Waals surface area contributed by atoms with Gasteiger partial charge in [0.05, 0.1) is 0 Å². The molecule has 3 N–H and O–H groups in total. The van der Waals surface area contributed by atoms with Gasteiger partial charge < -0.3 is 20.5 Å². The van der Waals surface area contributed by atoms with Gasteiger partial charge in [-0.15, -0.1) is 0 Å². The molecule has 0 saturated heterocycles. The molecule has 1 heterocycles. The van der Waals surface area contributed by atoms with E-state index < -0.39 is 0 Å². The van der Waals surface area contributed by atoms with E-state index in [1.165, 1.54) is 17.7 Å². The quantitative estimate of drug-likeness (QED) is 0.395. The molecule has 0 unspecified atom stereocenters. The zero-order valence-corrected chi connectivity index (χ0v) is 14.8. The number of hydrogen-bond acceptors (Lipinski definition) is 2. The Morgan fingerprint density at radius 1 is 1.29 bits per heavy atom. The first kappa shape index (κ1) is 18.3. The highest BCUT2D eigenvalue weighted by atomic mass is 19.1. The Kier molecular flexibility index (Phi) is 7.06. The summed E-state index contributed by atoms with van der Waals surface area (Å²) in [7, 11) is 4.14. The van der Waals surface area contributed by atoms with Crippen molar-refractivity contribution in [2.24, 2.45) is 4.99 Å². The van der Waals surface area contributed by atoms with Gasteiger partial charge >= 0.3 is 0 Å². The first-order valence-electron chi connectivity index (χ1n) is 8.52. The summed E-state index contributed by atoms with van der Waals surface area (Å²) in [6.07, 6.45) is 3.85. The number of benzene rings is 1. The van der Waals surface area contributed by atoms with Crippen LogP contribution in [0.2, 0.25) is 0 Å². The van der Waals surface area contributed by atoms with Crippen LogP contribution in [0.1, 0.15) is 18.9 Å². The summed E-state index contributed by atoms with van der Waals surface area (Å²) in [5, 5.41) is 7.70. The van der Waals surface area contributed by atoms with E-state index in [-0.39, 0.29) is 5.82 Å². The Labute approximate surface area is 143 Å². The Balaban J connectivity index is 1.86. The van der Waals surface area contributed by atoms with Gasteiger partial charge in [0, 0.05) is 36.7 Å². The normalized spacial score (nSPS) is 12.1. The minimum absolute atomic E-state index is 0.215. The number of H-pyrrole nitrogens is 1. The molecule has 0 aliphatic heterocycles. The summed E-state index contributed by atoms with van der Waals surface area (Å²) >= 11 is 0. The molecule has 6 heteroatoms. The number of aromatic amines is 1. The van der Waals surface area contributed by atoms with E-state index in [2.05, 4.69) is 46.5 Å². The Bertz CT molecular complexity index is 662. The molecule has 0 spiro atoms. The predicted octanol–water partition coefficient (Wildman–Crippen LogP) is 2.36. The fourth-order valence-electron chi connectivity index (χ4n) is 2.60. The SMILES string of the molecule is CCNC(=NCCCN(C)C)NCCc1c[nH]c2cc(F)ccc12. The van der Waals surface area contributed by atoms with Crippen LogP contribution in [-0.4, -0.2) is 56.1 Å². The van der Waals surface area contributed by atoms with Gasteiger partial charge in [-0.05, 0) is 64.2 Å². The molecule has 5 nitrogen and oxygen atoms in total. The van der Waals surface area contributed by atoms with Crippen LogP contribution in [-0.2, 0) is 6.42 Å². The number of nitrogens with zero attached hydrogens (tertiary/aromatic N) is 2. The van der Waals surface area contributed by atoms with E-state index in [9.17, 15) is 4.39 Å². The summed E-state index contributed by atoms with van der Waals surface area (Å²) in [6, 6.07) is 4.86. The van der Waals surface area contributed by atoms with Crippen molar-refractivity contribution in [2.75, 3.05) is 40.3 Å². The second-order valence-electron chi connectivity index (χ2n) is 6.10. The molecule has 24 heavy (non-hydrogen) atoms. The average molecular weight is 333 g/mol. The molecule has 0 aliphatic rings. The second-order valence-corrected chi connectivity index (χ2v) is 6.10. The number of aromatic nitrogens is 1. The minimum atomic E-state index is -0.215. The Morgan fingerprint density at radius 2 is 2.12 bits per heavy atom. The Hall–Kier alpha value is -2.08. The third-order valence-electron chi connectivity index (χ3n) is 3.79. The van der Waals surface area contributed by atoms with E-state index in [0.717, 1.165) is 55.9 Å². The third-order valence-corrected chi connectivity index (χ3v) is 3.79. The molecule has 2 aromatic rings. The van der Waals surface area contributed by atoms with Gasteiger partial charge in [-0.3, -0.25) is 4.99 Å². The lowest BCUT2D eigenvalue weighted by molar-refractivity contribution is 0.403. The summed E-state index contributed by atoms with van der Waals surface area (Å²) in [5.41, 5.74) is 2.02. The highest BCUT2D eigenvalue weighted by Gasteiger charge is 2.05. The van der Waals surface area contributed by atoms with E-state index in [4.69, 9.17) is 0 Å². The number of hydrogen-bond donors (Lipinski definition) is 3. The summed E-state index contributed by atoms with van der Waals surface area (Å²) in [5.74, 6) is 0.635. The van der Waals surface area contributed by atoms with Crippen LogP contribution in [0.25, 0.3) is 10.9 Å². The van der Waals surface area contributed by atoms with E-state index >= 15 is 0 Å². The molecular weight excluding hydrogens is 305 g/mol. The number of aliphatic imine (C=N–C) groups is 1. The first-order valence-corrected chi connectivity index (χ1v) is 8.52. The van der Waals surface area contributed by atoms with Crippen LogP contribution in [0.4, 0.5) is 4.39 Å². The van der Waals surface area contributed by atoms with E-state index in [0.29, 0.717) is 0 Å². The number of nitrogens with one attached hydrogen (secondary N) is 3. The number of guanidine groups is 1. The van der Waals surface area contributed by atoms with Gasteiger partial charge in [-0.25, -0.2) is 4.39 Å². The monoisotopic (exact) mass is 333 g/mol. The third kappa shape index (κ3) is 5.53. The molecule has 0 atom stereocenters. The standard InChI is InChI=1S/C18H28FN5/c1-4-20-18(21-9-5-11-24(2)3)22-10-8-14-13-23-17-12-15(19)6-7-16(14)17/h6-7,12-13,23H,4-5,8-11H2,1-3H3,(H2,20,21,22). The topological polar surface area (TPSA) is 55.5 Å². The maximum atomic E-state index is 13.2. The van der Waals surface area contributed by atoms with Crippen LogP contribution in [0.15, 0.2) is 29.4 Å². The molecule has 0 aliphatic carbocycles. The van der Waals surface area contributed by atoms with Crippen LogP contribution >= 0.6 is 0 Å². The van der Waals surface area contributed by atoms with E-state index in [1.54, 1.807) is 0 Å². The summed E-state index contributed by atoms with van der Waals surface area (Å²) in [6.45, 7) is 5.52. The van der Waals surface area contributed by atoms with Gasteiger partial charge in [0.2, 0.25) is 0 Å². The van der Waals surface area contributed by atoms with Crippen LogP contribution in [0.5, 0.6) is 0 Å². The lowest BCUT2D eigenvalue weighted by Crippen LogP contribution is -2.38. The molecule has 0 saturated carbocycles. The van der Waals surface area contributed by atoms with Crippen LogP contribution < -0.4 is 10.6 Å². The fraction of sp³-hybridized carbons (Fsp3) is 0.500. The van der Waals surface area contributed by atoms with Gasteiger partial charge in [0.1, 0.15) is 5.82 Å². The number of rotatable bonds is 8. The van der Waals surface area contributed by atoms with Crippen molar-refractivity contribution in [2.45, 2.75) is 19.8 Å². The van der Waals surface area contributed by atoms with Crippen molar-refractivity contribution in [3.05, 3.63) is 35.8 Å². The molecule has 0 fully saturated rings. The van der Waals surface area contributed by atoms with Crippen molar-refractivity contribution < 1.29 is 4.39 Å². The van der Waals surface area contributed by atoms with Crippen molar-refractivity contribution >= 4 is 16.9 Å². The van der Waals surface area contributed by atoms with Gasteiger partial charge in [0.25, 0.3) is 0 Å². The maximum Gasteiger partial charge on any atom is 0.191 e. The zero-order valence-electron chi connectivity index (χ0n) is 14.8. The van der Waals surface area contributed by atoms with Crippen molar-refractivity contribution in [3.8, 4) is 0 Å². The largest absolute Gasteiger partial charge is 0.361 e. The van der Waals surface area contributed by atoms with E-state index in [1.807, 2.05) is 12.3 Å². The predicted molar refractivity (Wildman–Crippen MR) is 99.1 cm³/mol. The van der Waals surface area contributed by atoms with Crippen LogP contribution in [0, 0.1) is 5.82 Å². The average Bonchev–Trinajstić information content (AvgIpc) is 2.93. The first-order chi connectivity index (χ1) is 11.6. The smallest absolute Gasteiger partial charge is 0.191 e. The van der Waals surface area contributed by atoms with Crippen LogP contribution in [0.3, 0.4) is 0 Å². The highest BCUT2D eigenvalue weighted by Crippen LogP contribution is 2.19. The summed E-state index contributed by atoms with van der Waals surface area (Å²) in [4.78, 5) is 9.88. The minimum Gasteiger partial charge on any atom is -0.361 e. The molecule has 2 rings (SSSR count). The highest BCUT2D eigenvalue weighted by molar-refractivity contribution is 5.83. The van der Waals surface area contributed by atoms with Crippen molar-refractivity contribution in [3.63, 3.8) is 0 Å². The molecule has 0 bridgehead atoms. The summed E-state index contributed by atoms with van der Waals surface area (Å²) < 4.78 is 13.2. The molecule has 0 radical (unpaired) electrons. The molecule has 1 aromatic carbocycles. The molecular formula is C18H28FN5. The maximum absolute atomic E-state index is 13.2. The van der Waals surface area contributed by atoms with Gasteiger partial charge in [-0.1, -0.05) is 0 Å². The molecule has 1 aromatic heterocycles. The second kappa shape index (κ2) is 9.27. The fourth-order valence-corrected chi connectivity index (χ4v) is 2.60. The van der Waals surface area contributed by atoms with Gasteiger partial charge in [0.15, 0.2) is 5.96 Å². The van der Waals surface area contributed by atoms with Crippen molar-refractivity contribution in [1.82, 2.24) is 20.5 Å². The number of fused-ring (bicyclic) bond motifs is 1. The van der Waals surface area contributed by atoms with Crippen molar-refractivity contribution in [1.29, 1.82) is 0 Å². The lowest BCUT2D eigenvalue weighted by atomic mass is 10.1. The van der Waals surface area contributed by atoms with Gasteiger partial charge in [-0.2, -0.15) is 0 Å². The number of halogens is 1. The molecule has 0 amide bonds. The Morgan fingerprint density at radius 3 is 2.88 bits per heavy atom. The molecule has 132 valence electrons.